The molecule has 18 heavy (non-hydrogen) atoms. The summed E-state index contributed by atoms with van der Waals surface area (Å²) in [6.45, 7) is 6.90. The van der Waals surface area contributed by atoms with Gasteiger partial charge in [-0.2, -0.15) is 0 Å². The van der Waals surface area contributed by atoms with Gasteiger partial charge in [0, 0.05) is 19.0 Å². The molecule has 1 nitrogen and oxygen atoms in total. The molecular formula is C15H21Cl2N. The molecule has 0 spiro atoms. The maximum absolute atomic E-state index is 6.37. The number of rotatable bonds is 2. The second kappa shape index (κ2) is 5.71. The third-order valence-corrected chi connectivity index (χ3v) is 4.46. The Morgan fingerprint density at radius 3 is 2.67 bits per heavy atom. The van der Waals surface area contributed by atoms with Crippen molar-refractivity contribution in [3.05, 3.63) is 28.8 Å². The molecule has 100 valence electrons. The Labute approximate surface area is 120 Å². The third-order valence-electron chi connectivity index (χ3n) is 3.85. The molecule has 2 rings (SSSR count). The zero-order valence-electron chi connectivity index (χ0n) is 11.2. The normalized spacial score (nSPS) is 19.7. The Bertz CT molecular complexity index is 415. The zero-order chi connectivity index (χ0) is 13.2. The summed E-state index contributed by atoms with van der Waals surface area (Å²) in [5.74, 6) is 0.521. The number of anilines is 1. The second-order valence-electron chi connectivity index (χ2n) is 5.92. The average Bonchev–Trinajstić information content (AvgIpc) is 2.50. The van der Waals surface area contributed by atoms with Crippen molar-refractivity contribution in [2.45, 2.75) is 39.0 Å². The molecule has 0 saturated carbocycles. The van der Waals surface area contributed by atoms with Crippen LogP contribution in [0.2, 0.25) is 5.02 Å². The highest BCUT2D eigenvalue weighted by atomic mass is 35.5. The van der Waals surface area contributed by atoms with E-state index < -0.39 is 0 Å². The largest absolute Gasteiger partial charge is 0.370 e. The van der Waals surface area contributed by atoms with E-state index in [1.165, 1.54) is 19.3 Å². The van der Waals surface area contributed by atoms with E-state index in [2.05, 4.69) is 30.9 Å². The summed E-state index contributed by atoms with van der Waals surface area (Å²) in [5, 5.41) is 0.827. The van der Waals surface area contributed by atoms with Gasteiger partial charge in [0.05, 0.1) is 10.7 Å². The van der Waals surface area contributed by atoms with Gasteiger partial charge in [-0.05, 0) is 42.4 Å². The van der Waals surface area contributed by atoms with Crippen LogP contribution in [0, 0.1) is 5.41 Å². The van der Waals surface area contributed by atoms with Crippen LogP contribution in [0.5, 0.6) is 0 Å². The minimum absolute atomic E-state index is 0.456. The Morgan fingerprint density at radius 2 is 2.00 bits per heavy atom. The van der Waals surface area contributed by atoms with Crippen molar-refractivity contribution in [1.29, 1.82) is 0 Å². The number of alkyl halides is 1. The summed E-state index contributed by atoms with van der Waals surface area (Å²) in [6.07, 6.45) is 3.75. The Hall–Kier alpha value is -0.400. The van der Waals surface area contributed by atoms with Gasteiger partial charge in [0.1, 0.15) is 0 Å². The molecule has 0 unspecified atom stereocenters. The van der Waals surface area contributed by atoms with Crippen LogP contribution >= 0.6 is 23.2 Å². The molecule has 3 heteroatoms. The molecule has 0 aliphatic carbocycles. The van der Waals surface area contributed by atoms with Crippen molar-refractivity contribution in [3.63, 3.8) is 0 Å². The first-order valence-electron chi connectivity index (χ1n) is 6.61. The van der Waals surface area contributed by atoms with Crippen molar-refractivity contribution in [2.75, 3.05) is 18.0 Å². The topological polar surface area (TPSA) is 3.24 Å². The second-order valence-corrected chi connectivity index (χ2v) is 6.60. The minimum atomic E-state index is 0.456. The van der Waals surface area contributed by atoms with Crippen LogP contribution < -0.4 is 4.90 Å². The highest BCUT2D eigenvalue weighted by Gasteiger charge is 2.23. The maximum Gasteiger partial charge on any atom is 0.0642 e. The predicted molar refractivity (Wildman–Crippen MR) is 80.9 cm³/mol. The van der Waals surface area contributed by atoms with E-state index in [9.17, 15) is 0 Å². The van der Waals surface area contributed by atoms with Crippen molar-refractivity contribution in [3.8, 4) is 0 Å². The molecule has 0 amide bonds. The summed E-state index contributed by atoms with van der Waals surface area (Å²) in [4.78, 5) is 2.41. The van der Waals surface area contributed by atoms with Gasteiger partial charge in [0.2, 0.25) is 0 Å². The van der Waals surface area contributed by atoms with Gasteiger partial charge < -0.3 is 4.90 Å². The van der Waals surface area contributed by atoms with E-state index in [0.29, 0.717) is 11.3 Å². The van der Waals surface area contributed by atoms with E-state index >= 15 is 0 Å². The monoisotopic (exact) mass is 285 g/mol. The standard InChI is InChI=1S/C15H21Cl2N/c1-15(2)6-3-8-18(9-7-15)14-5-4-12(11-16)10-13(14)17/h4-5,10H,3,6-9,11H2,1-2H3. The Morgan fingerprint density at radius 1 is 1.22 bits per heavy atom. The van der Waals surface area contributed by atoms with E-state index in [1.54, 1.807) is 0 Å². The van der Waals surface area contributed by atoms with Crippen LogP contribution in [-0.2, 0) is 5.88 Å². The van der Waals surface area contributed by atoms with Gasteiger partial charge in [0.25, 0.3) is 0 Å². The Kier molecular flexibility index (Phi) is 4.45. The fraction of sp³-hybridized carbons (Fsp3) is 0.600. The van der Waals surface area contributed by atoms with Gasteiger partial charge in [0.15, 0.2) is 0 Å². The van der Waals surface area contributed by atoms with Gasteiger partial charge in [-0.15, -0.1) is 11.6 Å². The first-order chi connectivity index (χ1) is 8.52. The fourth-order valence-corrected chi connectivity index (χ4v) is 3.04. The van der Waals surface area contributed by atoms with Crippen LogP contribution in [0.1, 0.15) is 38.7 Å². The number of hydrogen-bond acceptors (Lipinski definition) is 1. The van der Waals surface area contributed by atoms with Gasteiger partial charge >= 0.3 is 0 Å². The van der Waals surface area contributed by atoms with E-state index in [4.69, 9.17) is 23.2 Å². The quantitative estimate of drug-likeness (QED) is 0.684. The van der Waals surface area contributed by atoms with Crippen molar-refractivity contribution >= 4 is 28.9 Å². The third kappa shape index (κ3) is 3.33. The lowest BCUT2D eigenvalue weighted by Gasteiger charge is -2.25. The summed E-state index contributed by atoms with van der Waals surface area (Å²) in [5.41, 5.74) is 2.70. The summed E-state index contributed by atoms with van der Waals surface area (Å²) < 4.78 is 0. The lowest BCUT2D eigenvalue weighted by molar-refractivity contribution is 0.325. The number of benzene rings is 1. The van der Waals surface area contributed by atoms with Gasteiger partial charge in [-0.1, -0.05) is 31.5 Å². The fourth-order valence-electron chi connectivity index (χ4n) is 2.55. The summed E-state index contributed by atoms with van der Waals surface area (Å²) >= 11 is 12.2. The van der Waals surface area contributed by atoms with Crippen LogP contribution in [0.4, 0.5) is 5.69 Å². The molecule has 1 saturated heterocycles. The van der Waals surface area contributed by atoms with Crippen molar-refractivity contribution in [2.24, 2.45) is 5.41 Å². The molecule has 1 fully saturated rings. The molecule has 0 radical (unpaired) electrons. The summed E-state index contributed by atoms with van der Waals surface area (Å²) in [7, 11) is 0. The van der Waals surface area contributed by atoms with Crippen molar-refractivity contribution < 1.29 is 0 Å². The molecule has 1 heterocycles. The number of halogens is 2. The van der Waals surface area contributed by atoms with Crippen LogP contribution in [-0.4, -0.2) is 13.1 Å². The number of hydrogen-bond donors (Lipinski definition) is 0. The summed E-state index contributed by atoms with van der Waals surface area (Å²) in [6, 6.07) is 6.17. The van der Waals surface area contributed by atoms with Crippen molar-refractivity contribution in [1.82, 2.24) is 0 Å². The van der Waals surface area contributed by atoms with Crippen LogP contribution in [0.3, 0.4) is 0 Å². The van der Waals surface area contributed by atoms with E-state index in [0.717, 1.165) is 29.4 Å². The number of nitrogens with zero attached hydrogens (tertiary/aromatic N) is 1. The molecule has 1 aromatic rings. The predicted octanol–water partition coefficient (Wildman–Crippen LogP) is 5.10. The molecule has 1 aliphatic rings. The lowest BCUT2D eigenvalue weighted by atomic mass is 9.85. The molecule has 1 aliphatic heterocycles. The smallest absolute Gasteiger partial charge is 0.0642 e. The molecule has 0 aromatic heterocycles. The first-order valence-corrected chi connectivity index (χ1v) is 7.52. The minimum Gasteiger partial charge on any atom is -0.370 e. The van der Waals surface area contributed by atoms with Gasteiger partial charge in [-0.3, -0.25) is 0 Å². The molecule has 0 atom stereocenters. The zero-order valence-corrected chi connectivity index (χ0v) is 12.7. The molecule has 0 bridgehead atoms. The van der Waals surface area contributed by atoms with Crippen LogP contribution in [0.25, 0.3) is 0 Å². The highest BCUT2D eigenvalue weighted by molar-refractivity contribution is 6.33. The lowest BCUT2D eigenvalue weighted by Crippen LogP contribution is -2.25. The molecule has 1 aromatic carbocycles. The highest BCUT2D eigenvalue weighted by Crippen LogP contribution is 2.34. The van der Waals surface area contributed by atoms with Gasteiger partial charge in [-0.25, -0.2) is 0 Å². The molecular weight excluding hydrogens is 265 g/mol. The SMILES string of the molecule is CC1(C)CCCN(c2ccc(CCl)cc2Cl)CC1. The first kappa shape index (κ1) is 14.0. The maximum atomic E-state index is 6.37. The Balaban J connectivity index is 2.16. The molecule has 0 N–H and O–H groups in total. The van der Waals surface area contributed by atoms with E-state index in [-0.39, 0.29) is 0 Å². The average molecular weight is 286 g/mol. The van der Waals surface area contributed by atoms with E-state index in [1.807, 2.05) is 6.07 Å². The van der Waals surface area contributed by atoms with Crippen LogP contribution in [0.15, 0.2) is 18.2 Å².